The van der Waals surface area contributed by atoms with E-state index in [2.05, 4.69) is 48.2 Å². The van der Waals surface area contributed by atoms with E-state index in [1.807, 2.05) is 17.0 Å². The van der Waals surface area contributed by atoms with Crippen molar-refractivity contribution in [1.29, 1.82) is 0 Å². The minimum atomic E-state index is 0.236. The number of carbonyl (C=O) groups excluding carboxylic acids is 1. The average Bonchev–Trinajstić information content (AvgIpc) is 2.90. The van der Waals surface area contributed by atoms with Gasteiger partial charge >= 0.3 is 0 Å². The van der Waals surface area contributed by atoms with Gasteiger partial charge in [-0.25, -0.2) is 0 Å². The molecule has 0 aliphatic carbocycles. The zero-order chi connectivity index (χ0) is 18.4. The first kappa shape index (κ1) is 18.5. The lowest BCUT2D eigenvalue weighted by Crippen LogP contribution is -2.36. The third-order valence-electron chi connectivity index (χ3n) is 4.98. The van der Waals surface area contributed by atoms with E-state index < -0.39 is 0 Å². The Morgan fingerprint density at radius 3 is 2.31 bits per heavy atom. The predicted molar refractivity (Wildman–Crippen MR) is 104 cm³/mol. The van der Waals surface area contributed by atoms with E-state index >= 15 is 0 Å². The van der Waals surface area contributed by atoms with Crippen molar-refractivity contribution in [3.8, 4) is 5.75 Å². The second kappa shape index (κ2) is 8.86. The molecule has 0 bridgehead atoms. The minimum absolute atomic E-state index is 0.236. The number of amides is 1. The van der Waals surface area contributed by atoms with Crippen LogP contribution in [0.4, 0.5) is 0 Å². The number of benzene rings is 2. The highest BCUT2D eigenvalue weighted by Gasteiger charge is 2.19. The van der Waals surface area contributed by atoms with E-state index in [1.54, 1.807) is 7.11 Å². The maximum Gasteiger partial charge on any atom is 0.227 e. The topological polar surface area (TPSA) is 32.8 Å². The molecule has 0 unspecified atom stereocenters. The summed E-state index contributed by atoms with van der Waals surface area (Å²) in [6.07, 6.45) is 1.52. The van der Waals surface area contributed by atoms with Crippen molar-refractivity contribution in [3.63, 3.8) is 0 Å². The number of ether oxygens (including phenoxy) is 1. The van der Waals surface area contributed by atoms with Gasteiger partial charge in [-0.2, -0.15) is 0 Å². The lowest BCUT2D eigenvalue weighted by atomic mass is 10.1. The molecular formula is C22H28N2O2. The lowest BCUT2D eigenvalue weighted by Gasteiger charge is -2.22. The van der Waals surface area contributed by atoms with Crippen LogP contribution >= 0.6 is 0 Å². The van der Waals surface area contributed by atoms with Crippen molar-refractivity contribution in [2.75, 3.05) is 33.3 Å². The largest absolute Gasteiger partial charge is 0.497 e. The Bertz CT molecular complexity index is 710. The van der Waals surface area contributed by atoms with Gasteiger partial charge in [0.15, 0.2) is 0 Å². The Balaban J connectivity index is 1.52. The van der Waals surface area contributed by atoms with Crippen molar-refractivity contribution in [1.82, 2.24) is 9.80 Å². The molecule has 0 spiro atoms. The second-order valence-electron chi connectivity index (χ2n) is 7.02. The normalized spacial score (nSPS) is 15.5. The van der Waals surface area contributed by atoms with Crippen LogP contribution in [-0.2, 0) is 17.8 Å². The van der Waals surface area contributed by atoms with Crippen LogP contribution in [0.15, 0.2) is 48.5 Å². The summed E-state index contributed by atoms with van der Waals surface area (Å²) in [6, 6.07) is 16.5. The fourth-order valence-electron chi connectivity index (χ4n) is 3.36. The molecule has 4 nitrogen and oxygen atoms in total. The van der Waals surface area contributed by atoms with E-state index in [0.29, 0.717) is 6.42 Å². The Morgan fingerprint density at radius 2 is 1.62 bits per heavy atom. The van der Waals surface area contributed by atoms with Gasteiger partial charge in [-0.15, -0.1) is 0 Å². The molecule has 1 aliphatic rings. The molecule has 4 heteroatoms. The summed E-state index contributed by atoms with van der Waals surface area (Å²) >= 11 is 0. The highest BCUT2D eigenvalue weighted by Crippen LogP contribution is 2.15. The monoisotopic (exact) mass is 352 g/mol. The minimum Gasteiger partial charge on any atom is -0.497 e. The molecule has 26 heavy (non-hydrogen) atoms. The zero-order valence-electron chi connectivity index (χ0n) is 15.8. The van der Waals surface area contributed by atoms with Gasteiger partial charge < -0.3 is 9.64 Å². The molecule has 1 amide bonds. The van der Waals surface area contributed by atoms with E-state index in [0.717, 1.165) is 50.5 Å². The number of aryl methyl sites for hydroxylation is 1. The molecule has 1 heterocycles. The number of methoxy groups -OCH3 is 1. The van der Waals surface area contributed by atoms with Crippen LogP contribution in [0.25, 0.3) is 0 Å². The quantitative estimate of drug-likeness (QED) is 0.828. The first-order valence-electron chi connectivity index (χ1n) is 9.32. The Kier molecular flexibility index (Phi) is 6.29. The first-order valence-corrected chi connectivity index (χ1v) is 9.32. The average molecular weight is 352 g/mol. The third-order valence-corrected chi connectivity index (χ3v) is 4.98. The molecule has 1 aliphatic heterocycles. The molecule has 1 saturated heterocycles. The molecule has 0 N–H and O–H groups in total. The highest BCUT2D eigenvalue weighted by molar-refractivity contribution is 5.78. The van der Waals surface area contributed by atoms with E-state index in [-0.39, 0.29) is 5.91 Å². The van der Waals surface area contributed by atoms with Crippen molar-refractivity contribution >= 4 is 5.91 Å². The fraction of sp³-hybridized carbons (Fsp3) is 0.409. The van der Waals surface area contributed by atoms with Gasteiger partial charge in [0.05, 0.1) is 13.5 Å². The van der Waals surface area contributed by atoms with Gasteiger partial charge in [0, 0.05) is 32.7 Å². The number of hydrogen-bond donors (Lipinski definition) is 0. The number of nitrogens with zero attached hydrogens (tertiary/aromatic N) is 2. The molecule has 3 rings (SSSR count). The molecule has 0 aromatic heterocycles. The van der Waals surface area contributed by atoms with Crippen molar-refractivity contribution in [3.05, 3.63) is 65.2 Å². The van der Waals surface area contributed by atoms with E-state index in [4.69, 9.17) is 4.74 Å². The Hall–Kier alpha value is -2.33. The standard InChI is InChI=1S/C22H28N2O2/c1-18-4-6-19(7-5-18)16-22(25)24-13-3-12-23(14-15-24)17-20-8-10-21(26-2)11-9-20/h4-11H,3,12-17H2,1-2H3. The van der Waals surface area contributed by atoms with Gasteiger partial charge in [-0.1, -0.05) is 42.0 Å². The third kappa shape index (κ3) is 5.09. The van der Waals surface area contributed by atoms with Crippen LogP contribution in [0.1, 0.15) is 23.1 Å². The molecule has 1 fully saturated rings. The first-order chi connectivity index (χ1) is 12.6. The summed E-state index contributed by atoms with van der Waals surface area (Å²) < 4.78 is 5.22. The van der Waals surface area contributed by atoms with Crippen LogP contribution in [0.2, 0.25) is 0 Å². The summed E-state index contributed by atoms with van der Waals surface area (Å²) in [5.41, 5.74) is 3.61. The van der Waals surface area contributed by atoms with Crippen LogP contribution in [0.3, 0.4) is 0 Å². The maximum absolute atomic E-state index is 12.6. The van der Waals surface area contributed by atoms with Crippen LogP contribution in [-0.4, -0.2) is 49.0 Å². The number of hydrogen-bond acceptors (Lipinski definition) is 3. The number of carbonyl (C=O) groups is 1. The zero-order valence-corrected chi connectivity index (χ0v) is 15.8. The summed E-state index contributed by atoms with van der Waals surface area (Å²) in [4.78, 5) is 17.1. The number of rotatable bonds is 5. The van der Waals surface area contributed by atoms with Gasteiger partial charge in [0.25, 0.3) is 0 Å². The molecule has 0 saturated carbocycles. The van der Waals surface area contributed by atoms with Crippen molar-refractivity contribution < 1.29 is 9.53 Å². The van der Waals surface area contributed by atoms with Crippen LogP contribution in [0, 0.1) is 6.92 Å². The fourth-order valence-corrected chi connectivity index (χ4v) is 3.36. The molecule has 2 aromatic rings. The van der Waals surface area contributed by atoms with E-state index in [9.17, 15) is 4.79 Å². The summed E-state index contributed by atoms with van der Waals surface area (Å²) in [7, 11) is 1.69. The molecule has 138 valence electrons. The van der Waals surface area contributed by atoms with Crippen molar-refractivity contribution in [2.45, 2.75) is 26.3 Å². The Morgan fingerprint density at radius 1 is 0.923 bits per heavy atom. The van der Waals surface area contributed by atoms with Crippen LogP contribution in [0.5, 0.6) is 5.75 Å². The summed E-state index contributed by atoms with van der Waals surface area (Å²) in [6.45, 7) is 6.60. The van der Waals surface area contributed by atoms with Crippen molar-refractivity contribution in [2.24, 2.45) is 0 Å². The van der Waals surface area contributed by atoms with E-state index in [1.165, 1.54) is 11.1 Å². The molecule has 0 radical (unpaired) electrons. The molecule has 2 aromatic carbocycles. The SMILES string of the molecule is COc1ccc(CN2CCCN(C(=O)Cc3ccc(C)cc3)CC2)cc1. The summed E-state index contributed by atoms with van der Waals surface area (Å²) in [5.74, 6) is 1.12. The van der Waals surface area contributed by atoms with Gasteiger partial charge in [0.1, 0.15) is 5.75 Å². The molecule has 0 atom stereocenters. The second-order valence-corrected chi connectivity index (χ2v) is 7.02. The molecular weight excluding hydrogens is 324 g/mol. The lowest BCUT2D eigenvalue weighted by molar-refractivity contribution is -0.130. The van der Waals surface area contributed by atoms with Gasteiger partial charge in [-0.3, -0.25) is 9.69 Å². The maximum atomic E-state index is 12.6. The smallest absolute Gasteiger partial charge is 0.227 e. The highest BCUT2D eigenvalue weighted by atomic mass is 16.5. The predicted octanol–water partition coefficient (Wildman–Crippen LogP) is 3.28. The Labute approximate surface area is 156 Å². The van der Waals surface area contributed by atoms with Gasteiger partial charge in [0.2, 0.25) is 5.91 Å². The summed E-state index contributed by atoms with van der Waals surface area (Å²) in [5, 5.41) is 0. The van der Waals surface area contributed by atoms with Gasteiger partial charge in [-0.05, 0) is 36.6 Å². The van der Waals surface area contributed by atoms with Crippen LogP contribution < -0.4 is 4.74 Å².